The van der Waals surface area contributed by atoms with Gasteiger partial charge < -0.3 is 9.73 Å². The average molecular weight is 377 g/mol. The van der Waals surface area contributed by atoms with E-state index in [4.69, 9.17) is 4.42 Å². The van der Waals surface area contributed by atoms with Crippen LogP contribution in [0.4, 0.5) is 0 Å². The van der Waals surface area contributed by atoms with Crippen LogP contribution in [-0.2, 0) is 30.2 Å². The molecule has 2 heterocycles. The molecule has 2 rings (SSSR count). The summed E-state index contributed by atoms with van der Waals surface area (Å²) in [6, 6.07) is 1.51. The quantitative estimate of drug-likeness (QED) is 0.761. The number of hydrogen-bond donors (Lipinski definition) is 2. The molecule has 2 aromatic rings. The predicted molar refractivity (Wildman–Crippen MR) is 81.0 cm³/mol. The third kappa shape index (κ3) is 4.16. The molecule has 0 aliphatic rings. The van der Waals surface area contributed by atoms with E-state index >= 15 is 0 Å². The van der Waals surface area contributed by atoms with Crippen LogP contribution >= 0.6 is 15.9 Å². The monoisotopic (exact) mass is 376 g/mol. The minimum absolute atomic E-state index is 0.0966. The molecule has 0 unspecified atom stereocenters. The molecule has 0 atom stereocenters. The minimum atomic E-state index is -3.64. The first kappa shape index (κ1) is 16.2. The largest absolute Gasteiger partial charge is 0.452 e. The molecule has 7 nitrogen and oxygen atoms in total. The Morgan fingerprint density at radius 1 is 1.43 bits per heavy atom. The molecular formula is C12H17BrN4O3S. The summed E-state index contributed by atoms with van der Waals surface area (Å²) >= 11 is 3.15. The van der Waals surface area contributed by atoms with Crippen LogP contribution in [0.2, 0.25) is 0 Å². The number of nitrogens with one attached hydrogen (secondary N) is 2. The summed E-state index contributed by atoms with van der Waals surface area (Å²) in [6.07, 6.45) is 3.37. The lowest BCUT2D eigenvalue weighted by atomic mass is 10.4. The molecule has 9 heteroatoms. The number of aryl methyl sites for hydroxylation is 1. The normalized spacial score (nSPS) is 12.0. The second-order valence-corrected chi connectivity index (χ2v) is 6.93. The first-order valence-corrected chi connectivity index (χ1v) is 8.66. The lowest BCUT2D eigenvalue weighted by Gasteiger charge is -2.03. The Kier molecular flexibility index (Phi) is 5.20. The number of aromatic nitrogens is 2. The first-order valence-electron chi connectivity index (χ1n) is 6.38. The number of nitrogens with zero attached hydrogens (tertiary/aromatic N) is 2. The van der Waals surface area contributed by atoms with Crippen molar-refractivity contribution in [3.8, 4) is 0 Å². The lowest BCUT2D eigenvalue weighted by molar-refractivity contribution is 0.464. The Bertz CT molecular complexity index is 708. The maximum Gasteiger partial charge on any atom is 0.245 e. The second kappa shape index (κ2) is 6.73. The number of furan rings is 1. The predicted octanol–water partition coefficient (Wildman–Crippen LogP) is 1.36. The van der Waals surface area contributed by atoms with E-state index in [9.17, 15) is 8.42 Å². The highest BCUT2D eigenvalue weighted by atomic mass is 79.9. The Morgan fingerprint density at radius 2 is 2.19 bits per heavy atom. The van der Waals surface area contributed by atoms with Gasteiger partial charge in [0.25, 0.3) is 0 Å². The molecule has 21 heavy (non-hydrogen) atoms. The zero-order chi connectivity index (χ0) is 15.5. The van der Waals surface area contributed by atoms with Crippen molar-refractivity contribution in [2.75, 3.05) is 6.54 Å². The molecule has 0 saturated carbocycles. The summed E-state index contributed by atoms with van der Waals surface area (Å²) in [4.78, 5) is 0.0966. The smallest absolute Gasteiger partial charge is 0.245 e. The van der Waals surface area contributed by atoms with Gasteiger partial charge in [-0.25, -0.2) is 13.1 Å². The third-order valence-electron chi connectivity index (χ3n) is 2.77. The minimum Gasteiger partial charge on any atom is -0.452 e. The summed E-state index contributed by atoms with van der Waals surface area (Å²) in [6.45, 7) is 3.40. The molecule has 0 spiro atoms. The van der Waals surface area contributed by atoms with Gasteiger partial charge in [0, 0.05) is 31.4 Å². The molecular weight excluding hydrogens is 360 g/mol. The molecule has 0 aliphatic carbocycles. The average Bonchev–Trinajstić information content (AvgIpc) is 3.00. The van der Waals surface area contributed by atoms with Crippen molar-refractivity contribution in [2.24, 2.45) is 7.05 Å². The van der Waals surface area contributed by atoms with Crippen LogP contribution in [0.15, 0.2) is 32.4 Å². The van der Waals surface area contributed by atoms with Crippen LogP contribution in [0.1, 0.15) is 18.2 Å². The van der Waals surface area contributed by atoms with Crippen LogP contribution in [0.25, 0.3) is 0 Å². The molecule has 116 valence electrons. The number of rotatable bonds is 7. The Labute approximate surface area is 131 Å². The SMILES string of the molecule is CCNCc1cc(S(=O)(=O)NCc2cnn(C)c2)c(Br)o1. The van der Waals surface area contributed by atoms with E-state index in [0.29, 0.717) is 12.3 Å². The standard InChI is InChI=1S/C12H17BrN4O3S/c1-3-14-7-10-4-11(12(13)20-10)21(18,19)16-6-9-5-15-17(2)8-9/h4-5,8,14,16H,3,6-7H2,1-2H3. The molecule has 0 fully saturated rings. The van der Waals surface area contributed by atoms with E-state index in [2.05, 4.69) is 31.1 Å². The molecule has 0 aromatic carbocycles. The second-order valence-electron chi connectivity index (χ2n) is 4.48. The van der Waals surface area contributed by atoms with Crippen molar-refractivity contribution >= 4 is 26.0 Å². The lowest BCUT2D eigenvalue weighted by Crippen LogP contribution is -2.23. The van der Waals surface area contributed by atoms with Crippen molar-refractivity contribution in [1.82, 2.24) is 19.8 Å². The van der Waals surface area contributed by atoms with E-state index in [-0.39, 0.29) is 16.1 Å². The fourth-order valence-corrected chi connectivity index (χ4v) is 3.75. The van der Waals surface area contributed by atoms with Crippen LogP contribution in [0.3, 0.4) is 0 Å². The third-order valence-corrected chi connectivity index (χ3v) is 5.03. The molecule has 2 N–H and O–H groups in total. The zero-order valence-corrected chi connectivity index (χ0v) is 14.2. The topological polar surface area (TPSA) is 89.2 Å². The molecule has 2 aromatic heterocycles. The summed E-state index contributed by atoms with van der Waals surface area (Å²) in [5, 5.41) is 7.07. The highest BCUT2D eigenvalue weighted by molar-refractivity contribution is 9.10. The fraction of sp³-hybridized carbons (Fsp3) is 0.417. The summed E-state index contributed by atoms with van der Waals surface area (Å²) in [5.41, 5.74) is 0.786. The molecule has 0 saturated heterocycles. The number of hydrogen-bond acceptors (Lipinski definition) is 5. The van der Waals surface area contributed by atoms with Crippen LogP contribution in [0.5, 0.6) is 0 Å². The molecule has 0 radical (unpaired) electrons. The summed E-state index contributed by atoms with van der Waals surface area (Å²) < 4.78 is 34.3. The van der Waals surface area contributed by atoms with E-state index < -0.39 is 10.0 Å². The first-order chi connectivity index (χ1) is 9.92. The van der Waals surface area contributed by atoms with Gasteiger partial charge in [-0.05, 0) is 22.5 Å². The van der Waals surface area contributed by atoms with Gasteiger partial charge in [-0.3, -0.25) is 4.68 Å². The van der Waals surface area contributed by atoms with Gasteiger partial charge in [0.1, 0.15) is 10.7 Å². The summed E-state index contributed by atoms with van der Waals surface area (Å²) in [5.74, 6) is 0.561. The van der Waals surface area contributed by atoms with Crippen LogP contribution in [0, 0.1) is 0 Å². The van der Waals surface area contributed by atoms with E-state index in [1.165, 1.54) is 6.07 Å². The maximum absolute atomic E-state index is 12.3. The zero-order valence-electron chi connectivity index (χ0n) is 11.8. The van der Waals surface area contributed by atoms with E-state index in [0.717, 1.165) is 12.1 Å². The van der Waals surface area contributed by atoms with Crippen LogP contribution < -0.4 is 10.0 Å². The highest BCUT2D eigenvalue weighted by Crippen LogP contribution is 2.26. The van der Waals surface area contributed by atoms with Crippen molar-refractivity contribution in [2.45, 2.75) is 24.9 Å². The van der Waals surface area contributed by atoms with Crippen molar-refractivity contribution in [3.05, 3.63) is 34.5 Å². The van der Waals surface area contributed by atoms with Gasteiger partial charge in [-0.2, -0.15) is 5.10 Å². The van der Waals surface area contributed by atoms with Gasteiger partial charge in [0.05, 0.1) is 12.7 Å². The number of halogens is 1. The summed E-state index contributed by atoms with van der Waals surface area (Å²) in [7, 11) is -1.86. The molecule has 0 amide bonds. The Morgan fingerprint density at radius 3 is 2.81 bits per heavy atom. The maximum atomic E-state index is 12.3. The fourth-order valence-electron chi connectivity index (χ4n) is 1.74. The van der Waals surface area contributed by atoms with E-state index in [1.807, 2.05) is 6.92 Å². The van der Waals surface area contributed by atoms with Crippen molar-refractivity contribution in [3.63, 3.8) is 0 Å². The van der Waals surface area contributed by atoms with Gasteiger partial charge in [-0.15, -0.1) is 0 Å². The van der Waals surface area contributed by atoms with Gasteiger partial charge in [-0.1, -0.05) is 6.92 Å². The van der Waals surface area contributed by atoms with Gasteiger partial charge in [0.2, 0.25) is 10.0 Å². The number of sulfonamides is 1. The van der Waals surface area contributed by atoms with Crippen LogP contribution in [-0.4, -0.2) is 24.7 Å². The van der Waals surface area contributed by atoms with Gasteiger partial charge in [0.15, 0.2) is 4.67 Å². The Balaban J connectivity index is 2.09. The van der Waals surface area contributed by atoms with Gasteiger partial charge >= 0.3 is 0 Å². The highest BCUT2D eigenvalue weighted by Gasteiger charge is 2.22. The van der Waals surface area contributed by atoms with E-state index in [1.54, 1.807) is 24.1 Å². The molecule has 0 aliphatic heterocycles. The van der Waals surface area contributed by atoms with Crippen molar-refractivity contribution in [1.29, 1.82) is 0 Å². The van der Waals surface area contributed by atoms with Crippen molar-refractivity contribution < 1.29 is 12.8 Å². The molecule has 0 bridgehead atoms. The Hall–Kier alpha value is -1.16.